The molecule has 0 saturated heterocycles. The van der Waals surface area contributed by atoms with E-state index >= 15 is 0 Å². The summed E-state index contributed by atoms with van der Waals surface area (Å²) in [4.78, 5) is 21.1. The van der Waals surface area contributed by atoms with E-state index in [0.29, 0.717) is 17.6 Å². The highest BCUT2D eigenvalue weighted by molar-refractivity contribution is 6.03. The van der Waals surface area contributed by atoms with Crippen molar-refractivity contribution in [2.45, 2.75) is 33.6 Å². The second-order valence-electron chi connectivity index (χ2n) is 6.89. The number of hydrogen-bond donors (Lipinski definition) is 2. The summed E-state index contributed by atoms with van der Waals surface area (Å²) < 4.78 is 0. The van der Waals surface area contributed by atoms with Gasteiger partial charge in [0.1, 0.15) is 5.69 Å². The maximum absolute atomic E-state index is 12.5. The average Bonchev–Trinajstić information content (AvgIpc) is 2.65. The highest BCUT2D eigenvalue weighted by Gasteiger charge is 2.11. The highest BCUT2D eigenvalue weighted by Crippen LogP contribution is 2.22. The number of carbonyl (C=O) groups excluding carboxylic acids is 1. The van der Waals surface area contributed by atoms with Crippen LogP contribution in [0.4, 0.5) is 17.3 Å². The fourth-order valence-electron chi connectivity index (χ4n) is 2.82. The average molecular weight is 360 g/mol. The third-order valence-electron chi connectivity index (χ3n) is 4.44. The van der Waals surface area contributed by atoms with Crippen molar-refractivity contribution >= 4 is 23.2 Å². The van der Waals surface area contributed by atoms with Crippen LogP contribution in [-0.4, -0.2) is 15.9 Å². The van der Waals surface area contributed by atoms with E-state index in [-0.39, 0.29) is 5.91 Å². The molecule has 2 aromatic carbocycles. The molecule has 27 heavy (non-hydrogen) atoms. The zero-order valence-corrected chi connectivity index (χ0v) is 16.1. The van der Waals surface area contributed by atoms with Crippen LogP contribution >= 0.6 is 0 Å². The standard InChI is InChI=1S/C22H24N4O/c1-14(2)17-8-10-18(11-9-17)24-21(27)19-12-13-23-22(25-19)26-20-15(3)6-5-7-16(20)4/h5-14H,1-4H3,(H,24,27)(H,23,25,26). The van der Waals surface area contributed by atoms with Crippen LogP contribution in [0.15, 0.2) is 54.7 Å². The van der Waals surface area contributed by atoms with E-state index in [0.717, 1.165) is 22.5 Å². The summed E-state index contributed by atoms with van der Waals surface area (Å²) >= 11 is 0. The van der Waals surface area contributed by atoms with Gasteiger partial charge in [-0.25, -0.2) is 9.97 Å². The lowest BCUT2D eigenvalue weighted by Crippen LogP contribution is -2.15. The van der Waals surface area contributed by atoms with Gasteiger partial charge >= 0.3 is 0 Å². The number of carbonyl (C=O) groups is 1. The molecule has 1 amide bonds. The maximum Gasteiger partial charge on any atom is 0.274 e. The SMILES string of the molecule is Cc1cccc(C)c1Nc1nccc(C(=O)Nc2ccc(C(C)C)cc2)n1. The second kappa shape index (κ2) is 7.99. The lowest BCUT2D eigenvalue weighted by molar-refractivity contribution is 0.102. The molecule has 0 aliphatic heterocycles. The van der Waals surface area contributed by atoms with Gasteiger partial charge in [-0.2, -0.15) is 0 Å². The van der Waals surface area contributed by atoms with Crippen LogP contribution in [0.2, 0.25) is 0 Å². The van der Waals surface area contributed by atoms with Crippen LogP contribution in [0.3, 0.4) is 0 Å². The molecule has 0 radical (unpaired) electrons. The second-order valence-corrected chi connectivity index (χ2v) is 6.89. The van der Waals surface area contributed by atoms with Crippen molar-refractivity contribution in [3.63, 3.8) is 0 Å². The molecule has 2 N–H and O–H groups in total. The minimum atomic E-state index is -0.265. The van der Waals surface area contributed by atoms with Crippen molar-refractivity contribution in [2.75, 3.05) is 10.6 Å². The number of hydrogen-bond acceptors (Lipinski definition) is 4. The van der Waals surface area contributed by atoms with E-state index in [1.54, 1.807) is 12.3 Å². The van der Waals surface area contributed by atoms with Crippen molar-refractivity contribution in [1.29, 1.82) is 0 Å². The Kier molecular flexibility index (Phi) is 5.50. The number of anilines is 3. The molecule has 3 aromatic rings. The van der Waals surface area contributed by atoms with Gasteiger partial charge in [0.15, 0.2) is 0 Å². The first-order chi connectivity index (χ1) is 12.9. The first-order valence-electron chi connectivity index (χ1n) is 9.01. The monoisotopic (exact) mass is 360 g/mol. The number of nitrogens with one attached hydrogen (secondary N) is 2. The Morgan fingerprint density at radius 2 is 1.63 bits per heavy atom. The summed E-state index contributed by atoms with van der Waals surface area (Å²) in [6.07, 6.45) is 1.58. The molecular formula is C22H24N4O. The Bertz CT molecular complexity index is 929. The van der Waals surface area contributed by atoms with Crippen LogP contribution in [-0.2, 0) is 0 Å². The Hall–Kier alpha value is -3.21. The molecule has 0 bridgehead atoms. The van der Waals surface area contributed by atoms with Crippen molar-refractivity contribution < 1.29 is 4.79 Å². The van der Waals surface area contributed by atoms with Crippen molar-refractivity contribution in [2.24, 2.45) is 0 Å². The zero-order valence-electron chi connectivity index (χ0n) is 16.1. The van der Waals surface area contributed by atoms with Gasteiger partial charge in [-0.3, -0.25) is 4.79 Å². The van der Waals surface area contributed by atoms with Gasteiger partial charge in [0.05, 0.1) is 0 Å². The van der Waals surface area contributed by atoms with Crippen LogP contribution in [0.1, 0.15) is 46.9 Å². The lowest BCUT2D eigenvalue weighted by atomic mass is 10.0. The Balaban J connectivity index is 1.75. The predicted molar refractivity (Wildman–Crippen MR) is 110 cm³/mol. The minimum Gasteiger partial charge on any atom is -0.324 e. The molecule has 0 saturated carbocycles. The van der Waals surface area contributed by atoms with Gasteiger partial charge in [-0.05, 0) is 54.7 Å². The van der Waals surface area contributed by atoms with Crippen LogP contribution in [0, 0.1) is 13.8 Å². The van der Waals surface area contributed by atoms with Gasteiger partial charge in [0, 0.05) is 17.6 Å². The summed E-state index contributed by atoms with van der Waals surface area (Å²) in [6.45, 7) is 8.32. The normalized spacial score (nSPS) is 10.7. The van der Waals surface area contributed by atoms with Crippen LogP contribution in [0.5, 0.6) is 0 Å². The van der Waals surface area contributed by atoms with Gasteiger partial charge in [-0.15, -0.1) is 0 Å². The minimum absolute atomic E-state index is 0.265. The van der Waals surface area contributed by atoms with Crippen molar-refractivity contribution in [1.82, 2.24) is 9.97 Å². The first kappa shape index (κ1) is 18.6. The molecule has 5 nitrogen and oxygen atoms in total. The van der Waals surface area contributed by atoms with Crippen molar-refractivity contribution in [3.8, 4) is 0 Å². The van der Waals surface area contributed by atoms with Crippen molar-refractivity contribution in [3.05, 3.63) is 77.1 Å². The zero-order chi connectivity index (χ0) is 19.4. The molecule has 0 aliphatic rings. The Morgan fingerprint density at radius 3 is 2.26 bits per heavy atom. The molecule has 3 rings (SSSR count). The molecule has 5 heteroatoms. The van der Waals surface area contributed by atoms with Crippen LogP contribution < -0.4 is 10.6 Å². The van der Waals surface area contributed by atoms with E-state index in [1.165, 1.54) is 5.56 Å². The summed E-state index contributed by atoms with van der Waals surface area (Å²) in [5.41, 5.74) is 5.44. The van der Waals surface area contributed by atoms with Gasteiger partial charge in [0.2, 0.25) is 5.95 Å². The van der Waals surface area contributed by atoms with E-state index in [4.69, 9.17) is 0 Å². The third-order valence-corrected chi connectivity index (χ3v) is 4.44. The molecule has 1 aromatic heterocycles. The quantitative estimate of drug-likeness (QED) is 0.655. The predicted octanol–water partition coefficient (Wildman–Crippen LogP) is 5.21. The maximum atomic E-state index is 12.5. The fraction of sp³-hybridized carbons (Fsp3) is 0.227. The topological polar surface area (TPSA) is 66.9 Å². The van der Waals surface area contributed by atoms with Gasteiger partial charge in [-0.1, -0.05) is 44.2 Å². The molecule has 0 atom stereocenters. The van der Waals surface area contributed by atoms with E-state index in [1.807, 2.05) is 56.3 Å². The number of para-hydroxylation sites is 1. The van der Waals surface area contributed by atoms with Gasteiger partial charge < -0.3 is 10.6 Å². The molecule has 0 spiro atoms. The van der Waals surface area contributed by atoms with E-state index < -0.39 is 0 Å². The molecule has 0 unspecified atom stereocenters. The van der Waals surface area contributed by atoms with E-state index in [9.17, 15) is 4.79 Å². The fourth-order valence-corrected chi connectivity index (χ4v) is 2.82. The third kappa shape index (κ3) is 4.50. The van der Waals surface area contributed by atoms with Crippen LogP contribution in [0.25, 0.3) is 0 Å². The molecule has 1 heterocycles. The largest absolute Gasteiger partial charge is 0.324 e. The summed E-state index contributed by atoms with van der Waals surface area (Å²) in [6, 6.07) is 15.5. The number of aromatic nitrogens is 2. The summed E-state index contributed by atoms with van der Waals surface area (Å²) in [5, 5.41) is 6.10. The lowest BCUT2D eigenvalue weighted by Gasteiger charge is -2.12. The van der Waals surface area contributed by atoms with E-state index in [2.05, 4.69) is 34.4 Å². The number of nitrogens with zero attached hydrogens (tertiary/aromatic N) is 2. The molecule has 0 fully saturated rings. The Morgan fingerprint density at radius 1 is 0.963 bits per heavy atom. The number of aryl methyl sites for hydroxylation is 2. The summed E-state index contributed by atoms with van der Waals surface area (Å²) in [7, 11) is 0. The Labute approximate surface area is 159 Å². The highest BCUT2D eigenvalue weighted by atomic mass is 16.1. The number of rotatable bonds is 5. The van der Waals surface area contributed by atoms with Gasteiger partial charge in [0.25, 0.3) is 5.91 Å². The smallest absolute Gasteiger partial charge is 0.274 e. The molecular weight excluding hydrogens is 336 g/mol. The summed E-state index contributed by atoms with van der Waals surface area (Å²) in [5.74, 6) is 0.588. The molecule has 138 valence electrons. The number of amides is 1. The number of benzene rings is 2. The first-order valence-corrected chi connectivity index (χ1v) is 9.01. The molecule has 0 aliphatic carbocycles.